The van der Waals surface area contributed by atoms with E-state index in [1.54, 1.807) is 24.3 Å². The minimum absolute atomic E-state index is 0.0862. The van der Waals surface area contributed by atoms with Crippen LogP contribution in [0, 0.1) is 0 Å². The van der Waals surface area contributed by atoms with Gasteiger partial charge in [0.05, 0.1) is 28.4 Å². The molecule has 0 amide bonds. The van der Waals surface area contributed by atoms with Crippen molar-refractivity contribution in [3.8, 4) is 39.9 Å². The number of para-hydroxylation sites is 1. The first-order valence-electron chi connectivity index (χ1n) is 11.9. The molecule has 1 aliphatic rings. The zero-order valence-electron chi connectivity index (χ0n) is 21.8. The lowest BCUT2D eigenvalue weighted by Crippen LogP contribution is -2.15. The molecule has 3 aromatic carbocycles. The molecule has 0 saturated carbocycles. The second-order valence-corrected chi connectivity index (χ2v) is 8.48. The molecule has 4 rings (SSSR count). The van der Waals surface area contributed by atoms with Gasteiger partial charge in [-0.1, -0.05) is 12.1 Å². The maximum Gasteiger partial charge on any atom is 0.342 e. The molecule has 0 fully saturated rings. The molecule has 0 aliphatic heterocycles. The van der Waals surface area contributed by atoms with Gasteiger partial charge in [0.25, 0.3) is 0 Å². The smallest absolute Gasteiger partial charge is 0.342 e. The summed E-state index contributed by atoms with van der Waals surface area (Å²) in [6.07, 6.45) is 0.00680. The number of ether oxygens (including phenoxy) is 6. The van der Waals surface area contributed by atoms with Gasteiger partial charge in [-0.05, 0) is 60.4 Å². The topological polar surface area (TPSA) is 107 Å². The molecular formula is C29H28O9. The number of hydrogen-bond acceptors (Lipinski definition) is 9. The largest absolute Gasteiger partial charge is 0.493 e. The number of methoxy groups -OCH3 is 4. The fourth-order valence-electron chi connectivity index (χ4n) is 4.63. The van der Waals surface area contributed by atoms with E-state index in [-0.39, 0.29) is 22.5 Å². The molecule has 9 heteroatoms. The number of carbonyl (C=O) groups is 2. The molecule has 0 heterocycles. The first kappa shape index (κ1) is 26.5. The monoisotopic (exact) mass is 520 g/mol. The molecule has 1 aliphatic carbocycles. The molecule has 38 heavy (non-hydrogen) atoms. The third kappa shape index (κ3) is 5.00. The van der Waals surface area contributed by atoms with Gasteiger partial charge >= 0.3 is 11.9 Å². The molecule has 0 spiro atoms. The summed E-state index contributed by atoms with van der Waals surface area (Å²) in [5.74, 6) is 0.256. The average molecular weight is 521 g/mol. The highest BCUT2D eigenvalue weighted by Crippen LogP contribution is 2.50. The Morgan fingerprint density at radius 2 is 1.53 bits per heavy atom. The van der Waals surface area contributed by atoms with Crippen LogP contribution in [0.15, 0.2) is 53.3 Å². The lowest BCUT2D eigenvalue weighted by Gasteiger charge is -2.20. The molecule has 0 radical (unpaired) electrons. The van der Waals surface area contributed by atoms with Crippen LogP contribution >= 0.6 is 0 Å². The second-order valence-electron chi connectivity index (χ2n) is 8.48. The van der Waals surface area contributed by atoms with Crippen LogP contribution in [-0.4, -0.2) is 40.4 Å². The van der Waals surface area contributed by atoms with Crippen molar-refractivity contribution >= 4 is 11.9 Å². The van der Waals surface area contributed by atoms with Gasteiger partial charge in [0.15, 0.2) is 17.2 Å². The number of carbonyl (C=O) groups excluding carboxylic acids is 2. The normalized spacial score (nSPS) is 13.8. The summed E-state index contributed by atoms with van der Waals surface area (Å²) >= 11 is 0. The third-order valence-electron chi connectivity index (χ3n) is 6.28. The van der Waals surface area contributed by atoms with Crippen molar-refractivity contribution in [3.05, 3.63) is 75.4 Å². The average Bonchev–Trinajstić information content (AvgIpc) is 3.15. The lowest BCUT2D eigenvalue weighted by molar-refractivity contribution is -0.131. The van der Waals surface area contributed by atoms with Crippen LogP contribution in [0.4, 0.5) is 0 Å². The van der Waals surface area contributed by atoms with E-state index in [0.29, 0.717) is 46.8 Å². The Morgan fingerprint density at radius 1 is 0.816 bits per heavy atom. The van der Waals surface area contributed by atoms with Crippen molar-refractivity contribution in [2.45, 2.75) is 25.9 Å². The number of fused-ring (bicyclic) bond motifs is 3. The van der Waals surface area contributed by atoms with Crippen LogP contribution in [0.1, 0.15) is 40.9 Å². The van der Waals surface area contributed by atoms with Crippen LogP contribution in [0.25, 0.3) is 11.1 Å². The van der Waals surface area contributed by atoms with Gasteiger partial charge in [0.2, 0.25) is 11.2 Å². The zero-order valence-corrected chi connectivity index (χ0v) is 21.8. The Hall–Kier alpha value is -4.53. The first-order valence-corrected chi connectivity index (χ1v) is 11.9. The van der Waals surface area contributed by atoms with Gasteiger partial charge in [-0.15, -0.1) is 0 Å². The summed E-state index contributed by atoms with van der Waals surface area (Å²) in [6, 6.07) is 12.9. The van der Waals surface area contributed by atoms with Gasteiger partial charge in [-0.3, -0.25) is 9.59 Å². The summed E-state index contributed by atoms with van der Waals surface area (Å²) in [5.41, 5.74) is 2.35. The van der Waals surface area contributed by atoms with Gasteiger partial charge in [0.1, 0.15) is 17.4 Å². The summed E-state index contributed by atoms with van der Waals surface area (Å²) in [7, 11) is 5.98. The summed E-state index contributed by atoms with van der Waals surface area (Å²) in [5, 5.41) is 0. The molecule has 1 atom stereocenters. The van der Waals surface area contributed by atoms with E-state index in [4.69, 9.17) is 28.4 Å². The Kier molecular flexibility index (Phi) is 7.85. The van der Waals surface area contributed by atoms with E-state index in [2.05, 4.69) is 0 Å². The van der Waals surface area contributed by atoms with Crippen molar-refractivity contribution in [1.82, 2.24) is 0 Å². The van der Waals surface area contributed by atoms with E-state index >= 15 is 0 Å². The van der Waals surface area contributed by atoms with Crippen molar-refractivity contribution < 1.29 is 38.0 Å². The molecule has 0 saturated heterocycles. The molecule has 3 aromatic rings. The molecule has 0 aromatic heterocycles. The highest BCUT2D eigenvalue weighted by molar-refractivity contribution is 5.94. The highest BCUT2D eigenvalue weighted by Gasteiger charge is 2.31. The molecular weight excluding hydrogens is 492 g/mol. The third-order valence-corrected chi connectivity index (χ3v) is 6.28. The van der Waals surface area contributed by atoms with Crippen LogP contribution in [0.3, 0.4) is 0 Å². The fourth-order valence-corrected chi connectivity index (χ4v) is 4.63. The molecule has 0 bridgehead atoms. The Labute approximate surface area is 219 Å². The van der Waals surface area contributed by atoms with Crippen LogP contribution < -0.4 is 29.1 Å². The Bertz CT molecular complexity index is 1440. The number of rotatable bonds is 7. The SMILES string of the molecule is COc1cc2c(c(OC)c1OC)-c1ccc(OC)c(=O)cc1[C@@H](OC(=O)c1ccccc1OC(C)=O)CC2. The molecule has 0 unspecified atom stereocenters. The maximum absolute atomic E-state index is 13.3. The summed E-state index contributed by atoms with van der Waals surface area (Å²) in [4.78, 5) is 37.9. The standard InChI is InChI=1S/C29H28O9/c1-16(30)37-22-9-7-6-8-19(22)29(32)38-23-12-10-17-14-25(34-3)27(35-4)28(36-5)26(17)18-11-13-24(33-2)21(31)15-20(18)23/h6-9,11,13-15,23H,10,12H2,1-5H3/t23-/m0/s1. The number of esters is 2. The first-order chi connectivity index (χ1) is 18.3. The van der Waals surface area contributed by atoms with Gasteiger partial charge < -0.3 is 28.4 Å². The van der Waals surface area contributed by atoms with E-state index in [0.717, 1.165) is 5.56 Å². The van der Waals surface area contributed by atoms with Gasteiger partial charge in [-0.2, -0.15) is 0 Å². The van der Waals surface area contributed by atoms with E-state index in [1.807, 2.05) is 6.07 Å². The minimum Gasteiger partial charge on any atom is -0.493 e. The lowest BCUT2D eigenvalue weighted by atomic mass is 9.96. The Balaban J connectivity index is 1.90. The van der Waals surface area contributed by atoms with Crippen molar-refractivity contribution in [3.63, 3.8) is 0 Å². The van der Waals surface area contributed by atoms with Crippen LogP contribution in [0.5, 0.6) is 28.7 Å². The van der Waals surface area contributed by atoms with Crippen molar-refractivity contribution in [2.24, 2.45) is 0 Å². The minimum atomic E-state index is -0.818. The second kappa shape index (κ2) is 11.2. The van der Waals surface area contributed by atoms with Crippen molar-refractivity contribution in [1.29, 1.82) is 0 Å². The van der Waals surface area contributed by atoms with Gasteiger partial charge in [-0.25, -0.2) is 4.79 Å². The number of hydrogen-bond donors (Lipinski definition) is 0. The fraction of sp³-hybridized carbons (Fsp3) is 0.276. The van der Waals surface area contributed by atoms with E-state index < -0.39 is 18.0 Å². The molecule has 9 nitrogen and oxygen atoms in total. The maximum atomic E-state index is 13.3. The number of aryl methyl sites for hydroxylation is 1. The predicted molar refractivity (Wildman–Crippen MR) is 139 cm³/mol. The summed E-state index contributed by atoms with van der Waals surface area (Å²) < 4.78 is 33.4. The van der Waals surface area contributed by atoms with Crippen molar-refractivity contribution in [2.75, 3.05) is 28.4 Å². The predicted octanol–water partition coefficient (Wildman–Crippen LogP) is 4.52. The molecule has 0 N–H and O–H groups in total. The Morgan fingerprint density at radius 3 is 2.18 bits per heavy atom. The zero-order chi connectivity index (χ0) is 27.4. The highest BCUT2D eigenvalue weighted by atomic mass is 16.6. The molecule has 198 valence electrons. The van der Waals surface area contributed by atoms with E-state index in [9.17, 15) is 14.4 Å². The number of benzene rings is 2. The van der Waals surface area contributed by atoms with Crippen LogP contribution in [-0.2, 0) is 16.0 Å². The quantitative estimate of drug-likeness (QED) is 0.328. The van der Waals surface area contributed by atoms with E-state index in [1.165, 1.54) is 53.6 Å². The van der Waals surface area contributed by atoms with Crippen LogP contribution in [0.2, 0.25) is 0 Å². The van der Waals surface area contributed by atoms with Gasteiger partial charge in [0, 0.05) is 18.1 Å². The summed E-state index contributed by atoms with van der Waals surface area (Å²) in [6.45, 7) is 1.25.